The van der Waals surface area contributed by atoms with Crippen LogP contribution < -0.4 is 0 Å². The van der Waals surface area contributed by atoms with E-state index in [9.17, 15) is 0 Å². The quantitative estimate of drug-likeness (QED) is 0.242. The van der Waals surface area contributed by atoms with Crippen molar-refractivity contribution in [3.63, 3.8) is 0 Å². The molecule has 0 unspecified atom stereocenters. The van der Waals surface area contributed by atoms with Crippen LogP contribution in [0.15, 0.2) is 12.2 Å². The molecule has 0 aliphatic heterocycles. The summed E-state index contributed by atoms with van der Waals surface area (Å²) in [5, 5.41) is 0.346. The monoisotopic (exact) mass is 436 g/mol. The Morgan fingerprint density at radius 2 is 1.50 bits per heavy atom. The lowest BCUT2D eigenvalue weighted by atomic mass is 10.2. The molecular weight excluding hydrogens is 397 g/mol. The Kier molecular flexibility index (Phi) is 10.3. The van der Waals surface area contributed by atoms with Crippen molar-refractivity contribution in [2.24, 2.45) is 0 Å². The van der Waals surface area contributed by atoms with E-state index in [-0.39, 0.29) is 16.2 Å². The lowest BCUT2D eigenvalue weighted by Gasteiger charge is -2.41. The summed E-state index contributed by atoms with van der Waals surface area (Å²) < 4.78 is 19.1. The van der Waals surface area contributed by atoms with Crippen molar-refractivity contribution in [2.45, 2.75) is 83.9 Å². The molecule has 26 heavy (non-hydrogen) atoms. The van der Waals surface area contributed by atoms with Crippen molar-refractivity contribution in [3.05, 3.63) is 12.2 Å². The summed E-state index contributed by atoms with van der Waals surface area (Å²) in [6.07, 6.45) is 5.94. The SMILES string of the molecule is CSC(=S)OC/C=C/[C@@H](CO[Si](C)(C)C(C)(C)C)O[Si](C)(C)C(C)(C)C. The van der Waals surface area contributed by atoms with Crippen LogP contribution in [0, 0.1) is 0 Å². The lowest BCUT2D eigenvalue weighted by molar-refractivity contribution is 0.140. The minimum absolute atomic E-state index is 0.0588. The van der Waals surface area contributed by atoms with Gasteiger partial charge >= 0.3 is 0 Å². The van der Waals surface area contributed by atoms with E-state index in [0.29, 0.717) is 17.6 Å². The van der Waals surface area contributed by atoms with Crippen LogP contribution in [-0.2, 0) is 13.6 Å². The predicted octanol–water partition coefficient (Wildman–Crippen LogP) is 6.62. The van der Waals surface area contributed by atoms with Crippen LogP contribution in [0.3, 0.4) is 0 Å². The Morgan fingerprint density at radius 1 is 1.00 bits per heavy atom. The minimum Gasteiger partial charge on any atom is -0.474 e. The van der Waals surface area contributed by atoms with E-state index in [1.807, 2.05) is 12.3 Å². The van der Waals surface area contributed by atoms with Gasteiger partial charge in [0.1, 0.15) is 6.61 Å². The summed E-state index contributed by atoms with van der Waals surface area (Å²) in [4.78, 5) is 0. The van der Waals surface area contributed by atoms with Gasteiger partial charge in [0.25, 0.3) is 0 Å². The molecule has 0 saturated heterocycles. The van der Waals surface area contributed by atoms with E-state index in [1.54, 1.807) is 0 Å². The van der Waals surface area contributed by atoms with Crippen LogP contribution in [-0.4, -0.2) is 46.6 Å². The highest BCUT2D eigenvalue weighted by atomic mass is 32.2. The first-order valence-electron chi connectivity index (χ1n) is 9.23. The van der Waals surface area contributed by atoms with Gasteiger partial charge in [0.15, 0.2) is 16.6 Å². The van der Waals surface area contributed by atoms with Gasteiger partial charge in [-0.3, -0.25) is 0 Å². The molecule has 0 spiro atoms. The third-order valence-corrected chi connectivity index (χ3v) is 15.6. The maximum Gasteiger partial charge on any atom is 0.220 e. The molecule has 154 valence electrons. The molecule has 0 aromatic heterocycles. The summed E-state index contributed by atoms with van der Waals surface area (Å²) >= 11 is 6.52. The van der Waals surface area contributed by atoms with Crippen LogP contribution in [0.4, 0.5) is 0 Å². The Morgan fingerprint density at radius 3 is 1.92 bits per heavy atom. The molecule has 0 N–H and O–H groups in total. The molecule has 0 bridgehead atoms. The Labute approximate surface area is 173 Å². The van der Waals surface area contributed by atoms with Crippen molar-refractivity contribution in [3.8, 4) is 0 Å². The summed E-state index contributed by atoms with van der Waals surface area (Å²) in [7, 11) is -3.70. The van der Waals surface area contributed by atoms with Crippen LogP contribution in [0.5, 0.6) is 0 Å². The second-order valence-electron chi connectivity index (χ2n) is 9.68. The molecule has 0 saturated carbocycles. The fourth-order valence-corrected chi connectivity index (χ4v) is 4.10. The second-order valence-corrected chi connectivity index (χ2v) is 20.7. The molecule has 0 fully saturated rings. The Hall–Kier alpha value is 0.334. The van der Waals surface area contributed by atoms with Gasteiger partial charge in [-0.1, -0.05) is 59.4 Å². The zero-order valence-corrected chi connectivity index (χ0v) is 22.3. The Bertz CT molecular complexity index is 478. The third-order valence-electron chi connectivity index (χ3n) is 5.48. The van der Waals surface area contributed by atoms with Gasteiger partial charge in [0, 0.05) is 0 Å². The van der Waals surface area contributed by atoms with Crippen molar-refractivity contribution in [1.82, 2.24) is 0 Å². The van der Waals surface area contributed by atoms with E-state index in [4.69, 9.17) is 25.8 Å². The van der Waals surface area contributed by atoms with Gasteiger partial charge in [-0.25, -0.2) is 0 Å². The van der Waals surface area contributed by atoms with E-state index in [0.717, 1.165) is 0 Å². The number of ether oxygens (including phenoxy) is 1. The number of hydrogen-bond donors (Lipinski definition) is 0. The molecule has 0 radical (unpaired) electrons. The zero-order chi connectivity index (χ0) is 20.8. The fraction of sp³-hybridized carbons (Fsp3) is 0.842. The summed E-state index contributed by atoms with van der Waals surface area (Å²) in [6, 6.07) is 0. The minimum atomic E-state index is -1.89. The number of hydrogen-bond acceptors (Lipinski definition) is 5. The molecular formula is C19H40O3S2Si2. The van der Waals surface area contributed by atoms with Crippen LogP contribution >= 0.6 is 24.0 Å². The van der Waals surface area contributed by atoms with Crippen molar-refractivity contribution < 1.29 is 13.6 Å². The van der Waals surface area contributed by atoms with Gasteiger partial charge in [0.05, 0.1) is 12.7 Å². The highest BCUT2D eigenvalue weighted by Crippen LogP contribution is 2.39. The summed E-state index contributed by atoms with van der Waals surface area (Å²) in [5.41, 5.74) is 0. The summed E-state index contributed by atoms with van der Waals surface area (Å²) in [6.45, 7) is 23.7. The lowest BCUT2D eigenvalue weighted by Crippen LogP contribution is -2.47. The van der Waals surface area contributed by atoms with Crippen molar-refractivity contribution >= 4 is 45.0 Å². The molecule has 0 rings (SSSR count). The van der Waals surface area contributed by atoms with E-state index >= 15 is 0 Å². The number of thioether (sulfide) groups is 1. The molecule has 0 aromatic carbocycles. The normalized spacial score (nSPS) is 15.3. The smallest absolute Gasteiger partial charge is 0.220 e. The highest BCUT2D eigenvalue weighted by molar-refractivity contribution is 8.22. The average Bonchev–Trinajstić information content (AvgIpc) is 2.46. The van der Waals surface area contributed by atoms with Gasteiger partial charge < -0.3 is 13.6 Å². The van der Waals surface area contributed by atoms with Crippen LogP contribution in [0.1, 0.15) is 41.5 Å². The standard InChI is InChI=1S/C19H40O3S2Si2/c1-18(2,3)25(8,9)21-15-16(13-12-14-20-17(23)24-7)22-26(10,11)19(4,5)6/h12-13,16H,14-15H2,1-11H3/b13-12+/t16-/m0/s1. The zero-order valence-electron chi connectivity index (χ0n) is 18.7. The average molecular weight is 437 g/mol. The van der Waals surface area contributed by atoms with E-state index < -0.39 is 16.6 Å². The molecule has 0 amide bonds. The highest BCUT2D eigenvalue weighted by Gasteiger charge is 2.41. The molecule has 0 aliphatic rings. The maximum atomic E-state index is 6.60. The molecule has 0 heterocycles. The molecule has 7 heteroatoms. The predicted molar refractivity (Wildman–Crippen MR) is 126 cm³/mol. The van der Waals surface area contributed by atoms with Gasteiger partial charge in [0.2, 0.25) is 4.38 Å². The van der Waals surface area contributed by atoms with Gasteiger partial charge in [-0.05, 0) is 60.8 Å². The van der Waals surface area contributed by atoms with Gasteiger partial charge in [-0.2, -0.15) is 0 Å². The molecule has 0 aliphatic carbocycles. The van der Waals surface area contributed by atoms with E-state index in [1.165, 1.54) is 11.8 Å². The fourth-order valence-electron chi connectivity index (χ4n) is 1.57. The summed E-state index contributed by atoms with van der Waals surface area (Å²) in [5.74, 6) is 0. The van der Waals surface area contributed by atoms with Crippen molar-refractivity contribution in [1.29, 1.82) is 0 Å². The van der Waals surface area contributed by atoms with Gasteiger partial charge in [-0.15, -0.1) is 0 Å². The first kappa shape index (κ1) is 26.3. The molecule has 0 aromatic rings. The van der Waals surface area contributed by atoms with E-state index in [2.05, 4.69) is 73.8 Å². The van der Waals surface area contributed by atoms with Crippen LogP contribution in [0.2, 0.25) is 36.3 Å². The first-order chi connectivity index (χ1) is 11.5. The Balaban J connectivity index is 5.11. The number of rotatable bonds is 8. The molecule has 1 atom stereocenters. The maximum absolute atomic E-state index is 6.60. The topological polar surface area (TPSA) is 27.7 Å². The number of thiocarbonyl (C=S) groups is 1. The van der Waals surface area contributed by atoms with Crippen LogP contribution in [0.25, 0.3) is 0 Å². The first-order valence-corrected chi connectivity index (χ1v) is 16.7. The third kappa shape index (κ3) is 9.02. The largest absolute Gasteiger partial charge is 0.474 e. The molecule has 3 nitrogen and oxygen atoms in total. The second kappa shape index (κ2) is 10.2. The van der Waals surface area contributed by atoms with Crippen molar-refractivity contribution in [2.75, 3.05) is 19.5 Å².